The highest BCUT2D eigenvalue weighted by molar-refractivity contribution is 5.73. The fourth-order valence-corrected chi connectivity index (χ4v) is 7.17. The van der Waals surface area contributed by atoms with Crippen LogP contribution in [-0.4, -0.2) is 51.5 Å². The minimum atomic E-state index is -4.30. The maximum Gasteiger partial charge on any atom is 0.416 e. The first-order chi connectivity index (χ1) is 28.7. The summed E-state index contributed by atoms with van der Waals surface area (Å²) in [7, 11) is 2.76. The van der Waals surface area contributed by atoms with Crippen molar-refractivity contribution in [2.75, 3.05) is 27.3 Å². The summed E-state index contributed by atoms with van der Waals surface area (Å²) in [5.74, 6) is 1.14. The fraction of sp³-hybridized carbons (Fsp3) is 0.435. The molecule has 2 aliphatic heterocycles. The van der Waals surface area contributed by atoms with Gasteiger partial charge in [-0.2, -0.15) is 26.3 Å². The molecule has 2 atom stereocenters. The molecule has 2 aliphatic rings. The lowest BCUT2D eigenvalue weighted by Gasteiger charge is -2.27. The van der Waals surface area contributed by atoms with Crippen LogP contribution in [0.1, 0.15) is 83.0 Å². The van der Waals surface area contributed by atoms with E-state index < -0.39 is 23.5 Å². The van der Waals surface area contributed by atoms with Crippen LogP contribution in [0.5, 0.6) is 11.5 Å². The normalized spacial score (nSPS) is 15.9. The van der Waals surface area contributed by atoms with Gasteiger partial charge in [0.25, 0.3) is 0 Å². The number of aryl methyl sites for hydroxylation is 1. The molecule has 0 amide bonds. The zero-order chi connectivity index (χ0) is 43.1. The number of halogens is 6. The molecule has 4 aromatic rings. The van der Waals surface area contributed by atoms with Crippen LogP contribution >= 0.6 is 0 Å². The highest BCUT2D eigenvalue weighted by Gasteiger charge is 2.31. The third kappa shape index (κ3) is 14.3. The molecule has 0 bridgehead atoms. The third-order valence-corrected chi connectivity index (χ3v) is 10.5. The number of fused-ring (bicyclic) bond motifs is 2. The number of ether oxygens (including phenoxy) is 4. The van der Waals surface area contributed by atoms with Gasteiger partial charge in [-0.3, -0.25) is 9.59 Å². The zero-order valence-corrected chi connectivity index (χ0v) is 33.9. The second kappa shape index (κ2) is 22.0. The van der Waals surface area contributed by atoms with E-state index in [1.54, 1.807) is 0 Å². The Kier molecular flexibility index (Phi) is 16.8. The van der Waals surface area contributed by atoms with E-state index in [0.29, 0.717) is 13.1 Å². The van der Waals surface area contributed by atoms with Gasteiger partial charge in [-0.15, -0.1) is 0 Å². The minimum absolute atomic E-state index is 0.124. The Bertz CT molecular complexity index is 1920. The molecule has 0 spiro atoms. The van der Waals surface area contributed by atoms with Crippen molar-refractivity contribution in [3.8, 4) is 11.5 Å². The topological polar surface area (TPSA) is 95.1 Å². The Morgan fingerprint density at radius 2 is 1.13 bits per heavy atom. The van der Waals surface area contributed by atoms with Crippen molar-refractivity contribution < 1.29 is 54.9 Å². The first-order valence-electron chi connectivity index (χ1n) is 20.1. The molecule has 6 rings (SSSR count). The van der Waals surface area contributed by atoms with E-state index in [0.717, 1.165) is 134 Å². The number of carbonyl (C=O) groups excluding carboxylic acids is 2. The van der Waals surface area contributed by atoms with Crippen LogP contribution in [0.4, 0.5) is 26.3 Å². The maximum atomic E-state index is 12.6. The molecule has 0 saturated heterocycles. The van der Waals surface area contributed by atoms with Crippen LogP contribution in [0, 0.1) is 0 Å². The predicted octanol–water partition coefficient (Wildman–Crippen LogP) is 9.37. The fourth-order valence-electron chi connectivity index (χ4n) is 7.17. The van der Waals surface area contributed by atoms with Crippen molar-refractivity contribution >= 4 is 11.9 Å². The first kappa shape index (κ1) is 46.0. The largest absolute Gasteiger partial charge is 0.490 e. The monoisotopic (exact) mass is 842 g/mol. The number of carbonyl (C=O) groups is 2. The lowest BCUT2D eigenvalue weighted by molar-refractivity contribution is -0.140. The maximum absolute atomic E-state index is 12.6. The van der Waals surface area contributed by atoms with Crippen LogP contribution in [0.3, 0.4) is 0 Å². The average molecular weight is 843 g/mol. The summed E-state index contributed by atoms with van der Waals surface area (Å²) in [5, 5.41) is 6.54. The highest BCUT2D eigenvalue weighted by Crippen LogP contribution is 2.34. The summed E-state index contributed by atoms with van der Waals surface area (Å²) in [6, 6.07) is 22.1. The summed E-state index contributed by atoms with van der Waals surface area (Å²) < 4.78 is 97.2. The van der Waals surface area contributed by atoms with E-state index in [-0.39, 0.29) is 37.0 Å². The molecule has 0 saturated carbocycles. The van der Waals surface area contributed by atoms with Gasteiger partial charge in [-0.05, 0) is 134 Å². The Hall–Kier alpha value is -5.08. The lowest BCUT2D eigenvalue weighted by Crippen LogP contribution is -2.25. The average Bonchev–Trinajstić information content (AvgIpc) is 3.23. The SMILES string of the molecule is COC(=O)Cc1ccc2c(c1)OC(CCCNCc1ccc(C(F)(F)F)cc1)CC2.COC(=O)Cc1cccc2c1CCC(CCCNCc1ccc(C(F)(F)F)cc1)O2. The molecular formula is C46H52F6N2O6. The molecule has 60 heavy (non-hydrogen) atoms. The van der Waals surface area contributed by atoms with E-state index in [1.807, 2.05) is 36.4 Å². The molecular weight excluding hydrogens is 791 g/mol. The standard InChI is InChI=1S/2C23H26F3NO3/c1-29-22(28)14-17-4-2-6-21-20(17)12-11-19(30-21)5-3-13-27-15-16-7-9-18(10-8-16)23(24,25)26;1-29-22(28)14-17-4-7-18-8-11-20(30-21(18)13-17)3-2-12-27-15-16-5-9-19(10-6-16)23(24,25)26/h2,4,6-10,19,27H,3,5,11-15H2,1H3;4-7,9-10,13,20,27H,2-3,8,11-12,14-15H2,1H3. The number of hydrogen-bond donors (Lipinski definition) is 2. The third-order valence-electron chi connectivity index (χ3n) is 10.5. The van der Waals surface area contributed by atoms with E-state index in [4.69, 9.17) is 18.9 Å². The number of rotatable bonds is 16. The molecule has 2 heterocycles. The summed E-state index contributed by atoms with van der Waals surface area (Å²) in [6.07, 6.45) is -0.636. The number of hydrogen-bond acceptors (Lipinski definition) is 8. The number of methoxy groups -OCH3 is 2. The van der Waals surface area contributed by atoms with Crippen LogP contribution in [-0.2, 0) is 70.2 Å². The summed E-state index contributed by atoms with van der Waals surface area (Å²) in [5.41, 5.74) is 4.45. The van der Waals surface area contributed by atoms with Gasteiger partial charge < -0.3 is 29.6 Å². The molecule has 14 heteroatoms. The Morgan fingerprint density at radius 1 is 0.633 bits per heavy atom. The Balaban J connectivity index is 0.000000228. The molecule has 8 nitrogen and oxygen atoms in total. The first-order valence-corrected chi connectivity index (χ1v) is 20.1. The summed E-state index contributed by atoms with van der Waals surface area (Å²) in [4.78, 5) is 23.0. The van der Waals surface area contributed by atoms with Crippen molar-refractivity contribution in [1.29, 1.82) is 0 Å². The lowest BCUT2D eigenvalue weighted by atomic mass is 9.94. The molecule has 0 aromatic heterocycles. The van der Waals surface area contributed by atoms with Crippen LogP contribution in [0.2, 0.25) is 0 Å². The van der Waals surface area contributed by atoms with Crippen molar-refractivity contribution in [2.24, 2.45) is 0 Å². The van der Waals surface area contributed by atoms with Crippen LogP contribution in [0.15, 0.2) is 84.9 Å². The molecule has 324 valence electrons. The number of alkyl halides is 6. The van der Waals surface area contributed by atoms with Crippen molar-refractivity contribution in [3.05, 3.63) is 129 Å². The molecule has 0 fully saturated rings. The van der Waals surface area contributed by atoms with E-state index in [9.17, 15) is 35.9 Å². The van der Waals surface area contributed by atoms with Crippen molar-refractivity contribution in [1.82, 2.24) is 10.6 Å². The van der Waals surface area contributed by atoms with Gasteiger partial charge >= 0.3 is 24.3 Å². The molecule has 2 unspecified atom stereocenters. The molecule has 0 radical (unpaired) electrons. The van der Waals surface area contributed by atoms with Crippen molar-refractivity contribution in [3.63, 3.8) is 0 Å². The van der Waals surface area contributed by atoms with Gasteiger partial charge in [0, 0.05) is 13.1 Å². The quantitative estimate of drug-likeness (QED) is 0.0655. The summed E-state index contributed by atoms with van der Waals surface area (Å²) in [6.45, 7) is 2.58. The number of esters is 2. The smallest absolute Gasteiger partial charge is 0.416 e. The van der Waals surface area contributed by atoms with Gasteiger partial charge in [0.1, 0.15) is 11.5 Å². The van der Waals surface area contributed by atoms with Crippen molar-refractivity contribution in [2.45, 2.75) is 102 Å². The summed E-state index contributed by atoms with van der Waals surface area (Å²) >= 11 is 0. The Labute approximate surface area is 346 Å². The second-order valence-corrected chi connectivity index (χ2v) is 14.9. The van der Waals surface area contributed by atoms with Gasteiger partial charge in [0.15, 0.2) is 0 Å². The minimum Gasteiger partial charge on any atom is -0.490 e. The van der Waals surface area contributed by atoms with Gasteiger partial charge in [-0.1, -0.05) is 48.5 Å². The van der Waals surface area contributed by atoms with E-state index in [1.165, 1.54) is 38.5 Å². The van der Waals surface area contributed by atoms with Gasteiger partial charge in [-0.25, -0.2) is 0 Å². The molecule has 0 aliphatic carbocycles. The van der Waals surface area contributed by atoms with Gasteiger partial charge in [0.2, 0.25) is 0 Å². The van der Waals surface area contributed by atoms with Crippen LogP contribution in [0.25, 0.3) is 0 Å². The second-order valence-electron chi connectivity index (χ2n) is 14.9. The number of nitrogens with one attached hydrogen (secondary N) is 2. The number of benzene rings is 4. The highest BCUT2D eigenvalue weighted by atomic mass is 19.4. The van der Waals surface area contributed by atoms with Gasteiger partial charge in [0.05, 0.1) is 50.4 Å². The van der Waals surface area contributed by atoms with E-state index in [2.05, 4.69) is 10.6 Å². The Morgan fingerprint density at radius 3 is 1.67 bits per heavy atom. The molecule has 4 aromatic carbocycles. The van der Waals surface area contributed by atoms with E-state index >= 15 is 0 Å². The van der Waals surface area contributed by atoms with Crippen LogP contribution < -0.4 is 20.1 Å². The predicted molar refractivity (Wildman–Crippen MR) is 215 cm³/mol. The molecule has 2 N–H and O–H groups in total. The zero-order valence-electron chi connectivity index (χ0n) is 33.9.